The molecule has 0 atom stereocenters. The Morgan fingerprint density at radius 1 is 1.18 bits per heavy atom. The van der Waals surface area contributed by atoms with E-state index in [-0.39, 0.29) is 11.7 Å². The molecule has 5 nitrogen and oxygen atoms in total. The van der Waals surface area contributed by atoms with Gasteiger partial charge in [-0.2, -0.15) is 0 Å². The molecule has 0 aliphatic heterocycles. The molecular formula is C23H23Cl2IN4OS2. The van der Waals surface area contributed by atoms with E-state index in [1.165, 1.54) is 11.8 Å². The minimum Gasteiger partial charge on any atom is -0.325 e. The lowest BCUT2D eigenvalue weighted by Gasteiger charge is -2.12. The molecule has 2 aromatic carbocycles. The first-order valence-electron chi connectivity index (χ1n) is 10.0. The van der Waals surface area contributed by atoms with Crippen molar-refractivity contribution >= 4 is 80.9 Å². The molecule has 1 aromatic heterocycles. The first-order valence-corrected chi connectivity index (χ1v) is 14.0. The van der Waals surface area contributed by atoms with E-state index in [1.807, 2.05) is 30.5 Å². The van der Waals surface area contributed by atoms with Crippen LogP contribution in [0.15, 0.2) is 48.1 Å². The van der Waals surface area contributed by atoms with Gasteiger partial charge in [0.05, 0.1) is 11.5 Å². The zero-order valence-corrected chi connectivity index (χ0v) is 23.5. The van der Waals surface area contributed by atoms with Crippen molar-refractivity contribution in [2.45, 2.75) is 37.1 Å². The van der Waals surface area contributed by atoms with Crippen LogP contribution in [0, 0.1) is 17.4 Å². The second kappa shape index (κ2) is 12.5. The number of aryl methyl sites for hydroxylation is 2. The molecule has 0 aliphatic carbocycles. The molecular weight excluding hydrogens is 610 g/mol. The summed E-state index contributed by atoms with van der Waals surface area (Å²) in [7, 11) is 0. The van der Waals surface area contributed by atoms with E-state index < -0.39 is 0 Å². The summed E-state index contributed by atoms with van der Waals surface area (Å²) in [6.45, 7) is 8.41. The van der Waals surface area contributed by atoms with Gasteiger partial charge < -0.3 is 9.88 Å². The maximum atomic E-state index is 12.6. The molecule has 10 heteroatoms. The Bertz CT molecular complexity index is 1150. The van der Waals surface area contributed by atoms with Gasteiger partial charge in [-0.1, -0.05) is 47.1 Å². The van der Waals surface area contributed by atoms with E-state index in [2.05, 4.69) is 56.8 Å². The molecule has 0 saturated heterocycles. The number of thioether (sulfide) groups is 2. The lowest BCUT2D eigenvalue weighted by molar-refractivity contribution is -0.113. The molecule has 0 spiro atoms. The molecule has 0 fully saturated rings. The van der Waals surface area contributed by atoms with Crippen LogP contribution < -0.4 is 5.32 Å². The highest BCUT2D eigenvalue weighted by molar-refractivity contribution is 14.1. The van der Waals surface area contributed by atoms with Crippen LogP contribution in [0.2, 0.25) is 10.0 Å². The smallest absolute Gasteiger partial charge is 0.234 e. The fourth-order valence-corrected chi connectivity index (χ4v) is 6.37. The molecule has 33 heavy (non-hydrogen) atoms. The third-order valence-corrected chi connectivity index (χ3v) is 7.86. The number of benzene rings is 2. The number of hydrogen-bond acceptors (Lipinski definition) is 5. The molecule has 0 saturated carbocycles. The van der Waals surface area contributed by atoms with E-state index in [1.54, 1.807) is 23.9 Å². The number of nitrogens with one attached hydrogen (secondary N) is 1. The second-order valence-electron chi connectivity index (χ2n) is 7.28. The first kappa shape index (κ1) is 26.4. The second-order valence-corrected chi connectivity index (χ2v) is 11.3. The summed E-state index contributed by atoms with van der Waals surface area (Å²) in [5, 5.41) is 13.6. The van der Waals surface area contributed by atoms with Crippen molar-refractivity contribution in [3.63, 3.8) is 0 Å². The van der Waals surface area contributed by atoms with Crippen LogP contribution in [-0.2, 0) is 22.8 Å². The van der Waals surface area contributed by atoms with Crippen LogP contribution in [0.3, 0.4) is 0 Å². The first-order chi connectivity index (χ1) is 15.8. The third kappa shape index (κ3) is 7.39. The van der Waals surface area contributed by atoms with Crippen molar-refractivity contribution in [1.29, 1.82) is 0 Å². The van der Waals surface area contributed by atoms with E-state index >= 15 is 0 Å². The summed E-state index contributed by atoms with van der Waals surface area (Å²) in [4.78, 5) is 12.6. The Balaban J connectivity index is 1.60. The maximum absolute atomic E-state index is 12.6. The van der Waals surface area contributed by atoms with Gasteiger partial charge in [0.2, 0.25) is 5.91 Å². The molecule has 0 radical (unpaired) electrons. The van der Waals surface area contributed by atoms with Crippen molar-refractivity contribution in [2.24, 2.45) is 0 Å². The molecule has 1 N–H and O–H groups in total. The van der Waals surface area contributed by atoms with Gasteiger partial charge in [-0.25, -0.2) is 0 Å². The normalized spacial score (nSPS) is 10.9. The number of amides is 1. The summed E-state index contributed by atoms with van der Waals surface area (Å²) >= 11 is 17.6. The SMILES string of the molecule is C=CCn1c(CSCc2ccc(Cl)cc2Cl)nnc1SCC(=O)Nc1c(C)cc(I)cc1C. The van der Waals surface area contributed by atoms with E-state index in [9.17, 15) is 4.79 Å². The Labute approximate surface area is 226 Å². The number of anilines is 1. The van der Waals surface area contributed by atoms with Gasteiger partial charge in [-0.15, -0.1) is 28.5 Å². The van der Waals surface area contributed by atoms with Crippen LogP contribution in [0.1, 0.15) is 22.5 Å². The van der Waals surface area contributed by atoms with Gasteiger partial charge in [0.15, 0.2) is 5.16 Å². The molecule has 0 bridgehead atoms. The molecule has 0 aliphatic rings. The predicted octanol–water partition coefficient (Wildman–Crippen LogP) is 7.16. The summed E-state index contributed by atoms with van der Waals surface area (Å²) < 4.78 is 3.14. The van der Waals surface area contributed by atoms with Crippen molar-refractivity contribution in [1.82, 2.24) is 14.8 Å². The highest BCUT2D eigenvalue weighted by atomic mass is 127. The highest BCUT2D eigenvalue weighted by Crippen LogP contribution is 2.28. The van der Waals surface area contributed by atoms with Gasteiger partial charge >= 0.3 is 0 Å². The van der Waals surface area contributed by atoms with E-state index in [4.69, 9.17) is 23.2 Å². The van der Waals surface area contributed by atoms with Crippen LogP contribution >= 0.6 is 69.3 Å². The summed E-state index contributed by atoms with van der Waals surface area (Å²) in [5.41, 5.74) is 3.99. The number of rotatable bonds is 10. The topological polar surface area (TPSA) is 59.8 Å². The molecule has 1 heterocycles. The lowest BCUT2D eigenvalue weighted by atomic mass is 10.1. The fourth-order valence-electron chi connectivity index (χ4n) is 3.15. The molecule has 3 aromatic rings. The van der Waals surface area contributed by atoms with Gasteiger partial charge in [-0.3, -0.25) is 4.79 Å². The van der Waals surface area contributed by atoms with Crippen molar-refractivity contribution in [3.8, 4) is 0 Å². The Morgan fingerprint density at radius 2 is 1.91 bits per heavy atom. The third-order valence-electron chi connectivity index (χ3n) is 4.70. The van der Waals surface area contributed by atoms with Crippen molar-refractivity contribution in [2.75, 3.05) is 11.1 Å². The Hall–Kier alpha value is -1.20. The predicted molar refractivity (Wildman–Crippen MR) is 150 cm³/mol. The Kier molecular flexibility index (Phi) is 9.99. The Morgan fingerprint density at radius 3 is 2.58 bits per heavy atom. The minimum absolute atomic E-state index is 0.0751. The number of halogens is 3. The molecule has 3 rings (SSSR count). The number of carbonyl (C=O) groups excluding carboxylic acids is 1. The van der Waals surface area contributed by atoms with Gasteiger partial charge in [-0.05, 0) is 77.4 Å². The average Bonchev–Trinajstić information content (AvgIpc) is 3.12. The molecule has 0 unspecified atom stereocenters. The monoisotopic (exact) mass is 632 g/mol. The highest BCUT2D eigenvalue weighted by Gasteiger charge is 2.15. The van der Waals surface area contributed by atoms with Crippen molar-refractivity contribution < 1.29 is 4.79 Å². The fraction of sp³-hybridized carbons (Fsp3) is 0.261. The zero-order valence-electron chi connectivity index (χ0n) is 18.2. The minimum atomic E-state index is -0.0751. The van der Waals surface area contributed by atoms with Crippen LogP contribution in [0.25, 0.3) is 0 Å². The molecule has 1 amide bonds. The van der Waals surface area contributed by atoms with Crippen LogP contribution in [0.4, 0.5) is 5.69 Å². The van der Waals surface area contributed by atoms with E-state index in [0.717, 1.165) is 37.5 Å². The summed E-state index contributed by atoms with van der Waals surface area (Å²) in [6.07, 6.45) is 1.80. The lowest BCUT2D eigenvalue weighted by Crippen LogP contribution is -2.16. The number of aromatic nitrogens is 3. The van der Waals surface area contributed by atoms with Gasteiger partial charge in [0.25, 0.3) is 0 Å². The number of allylic oxidation sites excluding steroid dienone is 1. The van der Waals surface area contributed by atoms with Crippen LogP contribution in [0.5, 0.6) is 0 Å². The zero-order chi connectivity index (χ0) is 24.0. The van der Waals surface area contributed by atoms with Crippen molar-refractivity contribution in [3.05, 3.63) is 79.1 Å². The largest absolute Gasteiger partial charge is 0.325 e. The van der Waals surface area contributed by atoms with E-state index in [0.29, 0.717) is 27.5 Å². The standard InChI is InChI=1S/C23H23Cl2IN4OS2/c1-4-7-30-20(12-32-11-16-5-6-17(24)10-19(16)25)28-29-23(30)33-13-21(31)27-22-14(2)8-18(26)9-15(22)3/h4-6,8-10H,1,7,11-13H2,2-3H3,(H,27,31). The molecule has 174 valence electrons. The van der Waals surface area contributed by atoms with Gasteiger partial charge in [0.1, 0.15) is 5.82 Å². The average molecular weight is 633 g/mol. The van der Waals surface area contributed by atoms with Gasteiger partial charge in [0, 0.05) is 31.6 Å². The van der Waals surface area contributed by atoms with Crippen LogP contribution in [-0.4, -0.2) is 26.4 Å². The summed E-state index contributed by atoms with van der Waals surface area (Å²) in [6, 6.07) is 9.63. The maximum Gasteiger partial charge on any atom is 0.234 e. The number of hydrogen-bond donors (Lipinski definition) is 1. The quantitative estimate of drug-likeness (QED) is 0.146. The number of nitrogens with zero attached hydrogens (tertiary/aromatic N) is 3. The number of carbonyl (C=O) groups is 1. The summed E-state index contributed by atoms with van der Waals surface area (Å²) in [5.74, 6) is 2.39.